The van der Waals surface area contributed by atoms with Crippen molar-refractivity contribution in [1.82, 2.24) is 14.6 Å². The fraction of sp³-hybridized carbons (Fsp3) is 0.120. The predicted molar refractivity (Wildman–Crippen MR) is 130 cm³/mol. The number of halogens is 1. The van der Waals surface area contributed by atoms with E-state index in [9.17, 15) is 19.5 Å². The average molecular weight is 475 g/mol. The Bertz CT molecular complexity index is 1600. The highest BCUT2D eigenvalue weighted by molar-refractivity contribution is 6.30. The molecule has 1 unspecified atom stereocenters. The maximum atomic E-state index is 12.8. The van der Waals surface area contributed by atoms with Gasteiger partial charge in [-0.1, -0.05) is 60.1 Å². The second-order valence-electron chi connectivity index (χ2n) is 7.97. The maximum absolute atomic E-state index is 12.8. The minimum Gasteiger partial charge on any atom is -0.493 e. The molecular weight excluding hydrogens is 456 g/mol. The number of hydrogen-bond donors (Lipinski definition) is 2. The number of nitrogens with one attached hydrogen (secondary N) is 1. The van der Waals surface area contributed by atoms with Gasteiger partial charge in [-0.25, -0.2) is 14.4 Å². The zero-order valence-corrected chi connectivity index (χ0v) is 18.8. The number of H-pyrrole nitrogens is 1. The van der Waals surface area contributed by atoms with Crippen molar-refractivity contribution in [2.45, 2.75) is 19.4 Å². The molecule has 1 aromatic heterocycles. The summed E-state index contributed by atoms with van der Waals surface area (Å²) in [5.74, 6) is -0.885. The third kappa shape index (κ3) is 3.58. The Kier molecular flexibility index (Phi) is 5.30. The van der Waals surface area contributed by atoms with Crippen LogP contribution in [-0.4, -0.2) is 31.3 Å². The fourth-order valence-electron chi connectivity index (χ4n) is 4.37. The van der Waals surface area contributed by atoms with E-state index in [-0.39, 0.29) is 29.3 Å². The van der Waals surface area contributed by atoms with Gasteiger partial charge in [-0.3, -0.25) is 14.6 Å². The van der Waals surface area contributed by atoms with Crippen molar-refractivity contribution in [1.29, 1.82) is 0 Å². The van der Waals surface area contributed by atoms with Gasteiger partial charge >= 0.3 is 5.69 Å². The Morgan fingerprint density at radius 1 is 1.09 bits per heavy atom. The molecule has 5 rings (SSSR count). The summed E-state index contributed by atoms with van der Waals surface area (Å²) in [5.41, 5.74) is -0.440. The lowest BCUT2D eigenvalue weighted by Gasteiger charge is -2.22. The first-order valence-corrected chi connectivity index (χ1v) is 10.9. The lowest BCUT2D eigenvalue weighted by atomic mass is 9.94. The van der Waals surface area contributed by atoms with E-state index in [0.29, 0.717) is 5.02 Å². The Morgan fingerprint density at radius 3 is 2.59 bits per heavy atom. The number of aromatic nitrogens is 2. The molecule has 170 valence electrons. The number of hydrazone groups is 1. The van der Waals surface area contributed by atoms with Crippen LogP contribution in [0.2, 0.25) is 5.02 Å². The van der Waals surface area contributed by atoms with Crippen LogP contribution in [0.1, 0.15) is 30.5 Å². The van der Waals surface area contributed by atoms with Crippen molar-refractivity contribution in [2.24, 2.45) is 5.10 Å². The number of carbonyl (C=O) groups is 1. The summed E-state index contributed by atoms with van der Waals surface area (Å²) in [7, 11) is 0. The van der Waals surface area contributed by atoms with Crippen LogP contribution in [0.3, 0.4) is 0 Å². The van der Waals surface area contributed by atoms with E-state index in [1.807, 2.05) is 42.5 Å². The molecule has 8 nitrogen and oxygen atoms in total. The number of amides is 1. The summed E-state index contributed by atoms with van der Waals surface area (Å²) in [6.45, 7) is 1.39. The zero-order chi connectivity index (χ0) is 24.0. The van der Waals surface area contributed by atoms with Crippen LogP contribution >= 0.6 is 11.6 Å². The van der Waals surface area contributed by atoms with Gasteiger partial charge in [0.1, 0.15) is 5.56 Å². The van der Waals surface area contributed by atoms with Crippen LogP contribution in [0.5, 0.6) is 5.88 Å². The molecule has 2 heterocycles. The minimum absolute atomic E-state index is 0.173. The SMILES string of the molecule is CC(=O)N1N=C(c2c(O)n(-c3cccc(Cl)c3)c(=O)[nH]c2=O)CC1c1cccc2ccccc12. The first kappa shape index (κ1) is 21.7. The second kappa shape index (κ2) is 8.31. The lowest BCUT2D eigenvalue weighted by Crippen LogP contribution is -2.33. The van der Waals surface area contributed by atoms with Gasteiger partial charge in [0.25, 0.3) is 5.56 Å². The molecule has 0 spiro atoms. The van der Waals surface area contributed by atoms with Crippen molar-refractivity contribution >= 4 is 34.0 Å². The molecule has 0 aliphatic carbocycles. The Morgan fingerprint density at radius 2 is 1.82 bits per heavy atom. The molecule has 0 fully saturated rings. The highest BCUT2D eigenvalue weighted by Crippen LogP contribution is 2.37. The van der Waals surface area contributed by atoms with Crippen molar-refractivity contribution in [3.05, 3.63) is 104 Å². The van der Waals surface area contributed by atoms with Crippen LogP contribution in [0.4, 0.5) is 0 Å². The normalized spacial score (nSPS) is 15.5. The number of aromatic amines is 1. The monoisotopic (exact) mass is 474 g/mol. The largest absolute Gasteiger partial charge is 0.493 e. The third-order valence-corrected chi connectivity index (χ3v) is 6.09. The summed E-state index contributed by atoms with van der Waals surface area (Å²) in [6.07, 6.45) is 0.179. The Labute approximate surface area is 198 Å². The Hall–Kier alpha value is -4.17. The smallest absolute Gasteiger partial charge is 0.335 e. The zero-order valence-electron chi connectivity index (χ0n) is 18.0. The van der Waals surface area contributed by atoms with Crippen molar-refractivity contribution in [3.63, 3.8) is 0 Å². The molecule has 1 atom stereocenters. The molecule has 0 saturated carbocycles. The van der Waals surface area contributed by atoms with Gasteiger partial charge in [0.2, 0.25) is 11.8 Å². The van der Waals surface area contributed by atoms with Crippen LogP contribution in [0.15, 0.2) is 81.4 Å². The molecule has 0 saturated heterocycles. The van der Waals surface area contributed by atoms with Gasteiger partial charge in [-0.15, -0.1) is 0 Å². The van der Waals surface area contributed by atoms with Crippen LogP contribution in [0.25, 0.3) is 16.5 Å². The predicted octanol–water partition coefficient (Wildman–Crippen LogP) is 3.74. The van der Waals surface area contributed by atoms with Gasteiger partial charge in [0.05, 0.1) is 17.4 Å². The molecule has 3 aromatic carbocycles. The first-order valence-electron chi connectivity index (χ1n) is 10.5. The van der Waals surface area contributed by atoms with Crippen molar-refractivity contribution in [2.75, 3.05) is 0 Å². The van der Waals surface area contributed by atoms with Crippen LogP contribution in [-0.2, 0) is 4.79 Å². The number of benzene rings is 3. The maximum Gasteiger partial charge on any atom is 0.335 e. The topological polar surface area (TPSA) is 108 Å². The molecule has 2 N–H and O–H groups in total. The quantitative estimate of drug-likeness (QED) is 0.471. The minimum atomic E-state index is -0.818. The summed E-state index contributed by atoms with van der Waals surface area (Å²) < 4.78 is 0.953. The molecular formula is C25H19ClN4O4. The van der Waals surface area contributed by atoms with Gasteiger partial charge in [-0.2, -0.15) is 5.10 Å². The molecule has 1 aliphatic heterocycles. The van der Waals surface area contributed by atoms with E-state index in [0.717, 1.165) is 20.9 Å². The number of aromatic hydroxyl groups is 1. The van der Waals surface area contributed by atoms with Crippen molar-refractivity contribution < 1.29 is 9.90 Å². The number of rotatable bonds is 3. The molecule has 34 heavy (non-hydrogen) atoms. The number of nitrogens with zero attached hydrogens (tertiary/aromatic N) is 3. The highest BCUT2D eigenvalue weighted by atomic mass is 35.5. The van der Waals surface area contributed by atoms with Gasteiger partial charge in [0, 0.05) is 18.4 Å². The van der Waals surface area contributed by atoms with E-state index in [1.54, 1.807) is 18.2 Å². The molecule has 1 aliphatic rings. The fourth-order valence-corrected chi connectivity index (χ4v) is 4.56. The van der Waals surface area contributed by atoms with Gasteiger partial charge in [-0.05, 0) is 34.5 Å². The molecule has 1 amide bonds. The Balaban J connectivity index is 1.66. The summed E-state index contributed by atoms with van der Waals surface area (Å²) in [4.78, 5) is 40.1. The van der Waals surface area contributed by atoms with Crippen molar-refractivity contribution in [3.8, 4) is 11.6 Å². The number of fused-ring (bicyclic) bond motifs is 1. The van der Waals surface area contributed by atoms with E-state index >= 15 is 0 Å². The summed E-state index contributed by atoms with van der Waals surface area (Å²) in [5, 5.41) is 19.1. The number of hydrogen-bond acceptors (Lipinski definition) is 5. The highest BCUT2D eigenvalue weighted by Gasteiger charge is 2.35. The number of carbonyl (C=O) groups excluding carboxylic acids is 1. The van der Waals surface area contributed by atoms with Gasteiger partial charge in [0.15, 0.2) is 0 Å². The lowest BCUT2D eigenvalue weighted by molar-refractivity contribution is -0.130. The van der Waals surface area contributed by atoms with E-state index in [1.165, 1.54) is 18.0 Å². The summed E-state index contributed by atoms with van der Waals surface area (Å²) >= 11 is 6.05. The molecule has 0 bridgehead atoms. The van der Waals surface area contributed by atoms with Gasteiger partial charge < -0.3 is 5.11 Å². The van der Waals surface area contributed by atoms with Crippen LogP contribution < -0.4 is 11.2 Å². The second-order valence-corrected chi connectivity index (χ2v) is 8.41. The van der Waals surface area contributed by atoms with Crippen LogP contribution in [0, 0.1) is 0 Å². The summed E-state index contributed by atoms with van der Waals surface area (Å²) in [6, 6.07) is 19.4. The van der Waals surface area contributed by atoms with E-state index < -0.39 is 23.2 Å². The average Bonchev–Trinajstić information content (AvgIpc) is 3.23. The molecule has 4 aromatic rings. The van der Waals surface area contributed by atoms with E-state index in [4.69, 9.17) is 11.6 Å². The standard InChI is InChI=1S/C25H19ClN4O4/c1-14(31)30-21(19-11-4-7-15-6-2-3-10-18(15)19)13-20(28-30)22-23(32)27-25(34)29(24(22)33)17-9-5-8-16(26)12-17/h2-12,21,33H,13H2,1H3,(H,27,32,34). The molecule has 0 radical (unpaired) electrons. The third-order valence-electron chi connectivity index (χ3n) is 5.86. The molecule has 9 heteroatoms. The van der Waals surface area contributed by atoms with E-state index in [2.05, 4.69) is 10.1 Å². The first-order chi connectivity index (χ1) is 16.3.